The quantitative estimate of drug-likeness (QED) is 0.359. The van der Waals surface area contributed by atoms with E-state index in [-0.39, 0.29) is 11.9 Å². The lowest BCUT2D eigenvalue weighted by atomic mass is 10.1. The molecule has 0 saturated heterocycles. The molecule has 1 heterocycles. The molecule has 0 aliphatic carbocycles. The topological polar surface area (TPSA) is 67.0 Å². The number of hydrogen-bond acceptors (Lipinski definition) is 3. The van der Waals surface area contributed by atoms with E-state index in [2.05, 4.69) is 31.4 Å². The fourth-order valence-electron chi connectivity index (χ4n) is 3.32. The summed E-state index contributed by atoms with van der Waals surface area (Å²) in [6.07, 6.45) is 0. The van der Waals surface area contributed by atoms with E-state index in [1.165, 1.54) is 0 Å². The fraction of sp³-hybridized carbons (Fsp3) is 0.120. The van der Waals surface area contributed by atoms with Crippen molar-refractivity contribution in [1.82, 2.24) is 15.5 Å². The normalized spacial score (nSPS) is 11.7. The van der Waals surface area contributed by atoms with Gasteiger partial charge in [0.05, 0.1) is 24.5 Å². The maximum Gasteiger partial charge on any atom is 0.251 e. The number of nitrogens with one attached hydrogen (secondary N) is 2. The molecule has 5 nitrogen and oxygen atoms in total. The van der Waals surface area contributed by atoms with Crippen LogP contribution in [-0.2, 0) is 0 Å². The molecule has 1 unspecified atom stereocenters. The molecule has 1 amide bonds. The van der Waals surface area contributed by atoms with Crippen LogP contribution in [0.4, 0.5) is 0 Å². The molecule has 156 valence electrons. The number of aromatic amines is 1. The monoisotopic (exact) mass is 475 g/mol. The number of hydrogen-bond donors (Lipinski definition) is 2. The summed E-state index contributed by atoms with van der Waals surface area (Å²) in [7, 11) is 1.65. The first kappa shape index (κ1) is 20.9. The third-order valence-corrected chi connectivity index (χ3v) is 5.65. The molecule has 0 aliphatic rings. The Kier molecular flexibility index (Phi) is 6.18. The molecule has 0 fully saturated rings. The number of amides is 1. The Balaban J connectivity index is 1.46. The van der Waals surface area contributed by atoms with E-state index in [9.17, 15) is 4.79 Å². The van der Waals surface area contributed by atoms with E-state index >= 15 is 0 Å². The van der Waals surface area contributed by atoms with Crippen LogP contribution in [0.5, 0.6) is 5.75 Å². The highest BCUT2D eigenvalue weighted by Gasteiger charge is 2.12. The van der Waals surface area contributed by atoms with Crippen LogP contribution in [0.2, 0.25) is 0 Å². The van der Waals surface area contributed by atoms with Crippen molar-refractivity contribution in [2.24, 2.45) is 0 Å². The van der Waals surface area contributed by atoms with E-state index < -0.39 is 0 Å². The van der Waals surface area contributed by atoms with Gasteiger partial charge in [0.2, 0.25) is 0 Å². The predicted octanol–water partition coefficient (Wildman–Crippen LogP) is 6.01. The first-order valence-corrected chi connectivity index (χ1v) is 10.7. The number of carbonyl (C=O) groups excluding carboxylic acids is 1. The summed E-state index contributed by atoms with van der Waals surface area (Å²) < 4.78 is 6.30. The SMILES string of the molecule is COc1cccc(-c2cc(-c3ccc(C(=O)NC(C)c4ccc(Br)cc4)cc3)[nH]n2)c1. The zero-order valence-corrected chi connectivity index (χ0v) is 18.8. The second-order valence-electron chi connectivity index (χ2n) is 7.22. The van der Waals surface area contributed by atoms with Crippen molar-refractivity contribution in [2.75, 3.05) is 7.11 Å². The van der Waals surface area contributed by atoms with Gasteiger partial charge in [0.15, 0.2) is 0 Å². The predicted molar refractivity (Wildman–Crippen MR) is 126 cm³/mol. The number of rotatable bonds is 6. The molecule has 0 bridgehead atoms. The van der Waals surface area contributed by atoms with Crippen molar-refractivity contribution in [3.63, 3.8) is 0 Å². The second-order valence-corrected chi connectivity index (χ2v) is 8.14. The number of methoxy groups -OCH3 is 1. The molecule has 0 spiro atoms. The summed E-state index contributed by atoms with van der Waals surface area (Å²) in [6, 6.07) is 25.1. The van der Waals surface area contributed by atoms with E-state index in [0.717, 1.165) is 38.3 Å². The molecule has 4 aromatic rings. The molecule has 1 aromatic heterocycles. The molecule has 0 saturated carbocycles. The average molecular weight is 476 g/mol. The first-order valence-electron chi connectivity index (χ1n) is 9.90. The van der Waals surface area contributed by atoms with Gasteiger partial charge in [-0.2, -0.15) is 5.10 Å². The lowest BCUT2D eigenvalue weighted by Crippen LogP contribution is -2.26. The van der Waals surface area contributed by atoms with Gasteiger partial charge in [-0.15, -0.1) is 0 Å². The van der Waals surface area contributed by atoms with E-state index in [1.54, 1.807) is 7.11 Å². The summed E-state index contributed by atoms with van der Waals surface area (Å²) in [6.45, 7) is 1.97. The van der Waals surface area contributed by atoms with Crippen molar-refractivity contribution in [2.45, 2.75) is 13.0 Å². The highest BCUT2D eigenvalue weighted by molar-refractivity contribution is 9.10. The standard InChI is InChI=1S/C25H22BrN3O2/c1-16(17-10-12-21(26)13-11-17)27-25(30)19-8-6-18(7-9-19)23-15-24(29-28-23)20-4-3-5-22(14-20)31-2/h3-16H,1-2H3,(H,27,30)(H,28,29). The molecular formula is C25H22BrN3O2. The Morgan fingerprint density at radius 3 is 2.45 bits per heavy atom. The molecule has 6 heteroatoms. The average Bonchev–Trinajstić information content (AvgIpc) is 3.30. The van der Waals surface area contributed by atoms with Gasteiger partial charge in [-0.1, -0.05) is 52.3 Å². The third kappa shape index (κ3) is 4.86. The molecule has 3 aromatic carbocycles. The van der Waals surface area contributed by atoms with Gasteiger partial charge in [0, 0.05) is 15.6 Å². The van der Waals surface area contributed by atoms with E-state index in [0.29, 0.717) is 5.56 Å². The van der Waals surface area contributed by atoms with E-state index in [1.807, 2.05) is 85.8 Å². The largest absolute Gasteiger partial charge is 0.497 e. The number of H-pyrrole nitrogens is 1. The van der Waals surface area contributed by atoms with Crippen LogP contribution < -0.4 is 10.1 Å². The number of halogens is 1. The van der Waals surface area contributed by atoms with Crippen molar-refractivity contribution < 1.29 is 9.53 Å². The van der Waals surface area contributed by atoms with Gasteiger partial charge >= 0.3 is 0 Å². The number of aromatic nitrogens is 2. The Bertz CT molecular complexity index is 1180. The van der Waals surface area contributed by atoms with Gasteiger partial charge < -0.3 is 10.1 Å². The van der Waals surface area contributed by atoms with Crippen molar-refractivity contribution in [3.8, 4) is 28.3 Å². The third-order valence-electron chi connectivity index (χ3n) is 5.12. The van der Waals surface area contributed by atoms with Gasteiger partial charge in [-0.05, 0) is 60.5 Å². The zero-order chi connectivity index (χ0) is 21.8. The van der Waals surface area contributed by atoms with Crippen molar-refractivity contribution in [3.05, 3.63) is 94.5 Å². The van der Waals surface area contributed by atoms with Crippen LogP contribution >= 0.6 is 15.9 Å². The Hall–Kier alpha value is -3.38. The first-order chi connectivity index (χ1) is 15.0. The lowest BCUT2D eigenvalue weighted by Gasteiger charge is -2.14. The number of carbonyl (C=O) groups is 1. The lowest BCUT2D eigenvalue weighted by molar-refractivity contribution is 0.0940. The maximum atomic E-state index is 12.6. The highest BCUT2D eigenvalue weighted by Crippen LogP contribution is 2.26. The summed E-state index contributed by atoms with van der Waals surface area (Å²) in [5, 5.41) is 10.5. The number of benzene rings is 3. The van der Waals surface area contributed by atoms with Crippen molar-refractivity contribution >= 4 is 21.8 Å². The Labute approximate surface area is 189 Å². The summed E-state index contributed by atoms with van der Waals surface area (Å²) >= 11 is 3.43. The molecule has 2 N–H and O–H groups in total. The summed E-state index contributed by atoms with van der Waals surface area (Å²) in [5.74, 6) is 0.679. The van der Waals surface area contributed by atoms with Crippen LogP contribution in [0.3, 0.4) is 0 Å². The molecule has 4 rings (SSSR count). The van der Waals surface area contributed by atoms with Gasteiger partial charge in [0.25, 0.3) is 5.91 Å². The molecule has 1 atom stereocenters. The van der Waals surface area contributed by atoms with Crippen LogP contribution in [0, 0.1) is 0 Å². The van der Waals surface area contributed by atoms with E-state index in [4.69, 9.17) is 4.74 Å². The van der Waals surface area contributed by atoms with Crippen LogP contribution in [0.25, 0.3) is 22.5 Å². The fourth-order valence-corrected chi connectivity index (χ4v) is 3.58. The maximum absolute atomic E-state index is 12.6. The number of nitrogens with zero attached hydrogens (tertiary/aromatic N) is 1. The van der Waals surface area contributed by atoms with Gasteiger partial charge in [0.1, 0.15) is 5.75 Å². The zero-order valence-electron chi connectivity index (χ0n) is 17.2. The Morgan fingerprint density at radius 2 is 1.74 bits per heavy atom. The molecule has 0 aliphatic heterocycles. The van der Waals surface area contributed by atoms with Crippen molar-refractivity contribution in [1.29, 1.82) is 0 Å². The highest BCUT2D eigenvalue weighted by atomic mass is 79.9. The minimum Gasteiger partial charge on any atom is -0.497 e. The minimum absolute atomic E-state index is 0.0849. The molecule has 31 heavy (non-hydrogen) atoms. The molecular weight excluding hydrogens is 454 g/mol. The smallest absolute Gasteiger partial charge is 0.251 e. The van der Waals surface area contributed by atoms with Crippen LogP contribution in [0.15, 0.2) is 83.3 Å². The summed E-state index contributed by atoms with van der Waals surface area (Å²) in [4.78, 5) is 12.6. The van der Waals surface area contributed by atoms with Gasteiger partial charge in [-0.25, -0.2) is 0 Å². The minimum atomic E-state index is -0.108. The summed E-state index contributed by atoms with van der Waals surface area (Å²) in [5.41, 5.74) is 5.31. The van der Waals surface area contributed by atoms with Crippen LogP contribution in [-0.4, -0.2) is 23.2 Å². The molecule has 0 radical (unpaired) electrons. The number of ether oxygens (including phenoxy) is 1. The van der Waals surface area contributed by atoms with Gasteiger partial charge in [-0.3, -0.25) is 9.89 Å². The van der Waals surface area contributed by atoms with Crippen LogP contribution in [0.1, 0.15) is 28.9 Å². The Morgan fingerprint density at radius 1 is 1.00 bits per heavy atom. The second kappa shape index (κ2) is 9.18.